The first-order valence-corrected chi connectivity index (χ1v) is 5.10. The van der Waals surface area contributed by atoms with E-state index in [9.17, 15) is 0 Å². The molecule has 70 valence electrons. The Hall–Kier alpha value is -1.22. The Labute approximate surface area is 91.2 Å². The second-order valence-corrected chi connectivity index (χ2v) is 3.76. The molecule has 2 aromatic rings. The van der Waals surface area contributed by atoms with Gasteiger partial charge in [-0.3, -0.25) is 0 Å². The van der Waals surface area contributed by atoms with Crippen molar-refractivity contribution >= 4 is 15.9 Å². The third-order valence-corrected chi connectivity index (χ3v) is 2.49. The summed E-state index contributed by atoms with van der Waals surface area (Å²) in [5.74, 6) is 0. The van der Waals surface area contributed by atoms with Gasteiger partial charge in [-0.25, -0.2) is 9.97 Å². The molecule has 2 nitrogen and oxygen atoms in total. The molecule has 0 bridgehead atoms. The minimum Gasteiger partial charge on any atom is -0.230 e. The zero-order valence-electron chi connectivity index (χ0n) is 7.74. The molecule has 1 heterocycles. The normalized spacial score (nSPS) is 10.1. The smallest absolute Gasteiger partial charge is 0.196 e. The van der Waals surface area contributed by atoms with Gasteiger partial charge in [0.2, 0.25) is 0 Å². The zero-order chi connectivity index (χ0) is 9.97. The van der Waals surface area contributed by atoms with Crippen LogP contribution in [0.1, 0.15) is 5.56 Å². The molecule has 0 fully saturated rings. The molecule has 0 saturated carbocycles. The lowest BCUT2D eigenvalue weighted by Crippen LogP contribution is -1.86. The molecule has 1 aromatic heterocycles. The van der Waals surface area contributed by atoms with Gasteiger partial charge in [0.1, 0.15) is 0 Å². The zero-order valence-corrected chi connectivity index (χ0v) is 9.32. The van der Waals surface area contributed by atoms with E-state index in [0.29, 0.717) is 4.73 Å². The molecule has 2 rings (SSSR count). The van der Waals surface area contributed by atoms with Crippen LogP contribution in [0.3, 0.4) is 0 Å². The van der Waals surface area contributed by atoms with E-state index >= 15 is 0 Å². The standard InChI is InChI=1S/C11H9BrN2/c1-8-4-2-3-5-10(8)9-6-13-11(12)14-7-9/h2-7H,1H3. The number of aromatic nitrogens is 2. The monoisotopic (exact) mass is 248 g/mol. The van der Waals surface area contributed by atoms with E-state index in [4.69, 9.17) is 0 Å². The fourth-order valence-electron chi connectivity index (χ4n) is 1.35. The molecule has 0 radical (unpaired) electrons. The third-order valence-electron chi connectivity index (χ3n) is 2.08. The van der Waals surface area contributed by atoms with Crippen LogP contribution >= 0.6 is 15.9 Å². The van der Waals surface area contributed by atoms with Crippen molar-refractivity contribution in [1.29, 1.82) is 0 Å². The van der Waals surface area contributed by atoms with E-state index in [1.54, 1.807) is 0 Å². The minimum atomic E-state index is 0.620. The van der Waals surface area contributed by atoms with Crippen molar-refractivity contribution in [2.45, 2.75) is 6.92 Å². The fourth-order valence-corrected chi connectivity index (χ4v) is 1.55. The maximum Gasteiger partial charge on any atom is 0.196 e. The fraction of sp³-hybridized carbons (Fsp3) is 0.0909. The third kappa shape index (κ3) is 1.82. The summed E-state index contributed by atoms with van der Waals surface area (Å²) in [7, 11) is 0. The van der Waals surface area contributed by atoms with Crippen molar-refractivity contribution in [1.82, 2.24) is 9.97 Å². The molecule has 3 heteroatoms. The summed E-state index contributed by atoms with van der Waals surface area (Å²) in [6, 6.07) is 8.20. The Bertz CT molecular complexity index is 437. The number of hydrogen-bond acceptors (Lipinski definition) is 2. The van der Waals surface area contributed by atoms with Gasteiger partial charge in [-0.2, -0.15) is 0 Å². The second-order valence-electron chi connectivity index (χ2n) is 3.06. The van der Waals surface area contributed by atoms with Crippen molar-refractivity contribution in [3.63, 3.8) is 0 Å². The summed E-state index contributed by atoms with van der Waals surface area (Å²) in [6.45, 7) is 2.08. The highest BCUT2D eigenvalue weighted by molar-refractivity contribution is 9.10. The summed E-state index contributed by atoms with van der Waals surface area (Å²) < 4.78 is 0.620. The van der Waals surface area contributed by atoms with Crippen molar-refractivity contribution in [3.8, 4) is 11.1 Å². The van der Waals surface area contributed by atoms with E-state index in [0.717, 1.165) is 5.56 Å². The summed E-state index contributed by atoms with van der Waals surface area (Å²) in [5, 5.41) is 0. The predicted molar refractivity (Wildman–Crippen MR) is 59.9 cm³/mol. The molecule has 1 aromatic carbocycles. The van der Waals surface area contributed by atoms with Crippen LogP contribution in [0.4, 0.5) is 0 Å². The largest absolute Gasteiger partial charge is 0.230 e. The molecule has 0 unspecified atom stereocenters. The first-order valence-electron chi connectivity index (χ1n) is 4.31. The van der Waals surface area contributed by atoms with E-state index in [1.807, 2.05) is 24.5 Å². The highest BCUT2D eigenvalue weighted by atomic mass is 79.9. The highest BCUT2D eigenvalue weighted by Gasteiger charge is 2.01. The van der Waals surface area contributed by atoms with Crippen LogP contribution in [0.15, 0.2) is 41.4 Å². The summed E-state index contributed by atoms with van der Waals surface area (Å²) in [5.41, 5.74) is 3.46. The van der Waals surface area contributed by atoms with E-state index in [2.05, 4.69) is 45.0 Å². The van der Waals surface area contributed by atoms with Crippen LogP contribution in [-0.4, -0.2) is 9.97 Å². The van der Waals surface area contributed by atoms with Gasteiger partial charge in [0.15, 0.2) is 4.73 Å². The first kappa shape index (κ1) is 9.34. The van der Waals surface area contributed by atoms with Gasteiger partial charge >= 0.3 is 0 Å². The minimum absolute atomic E-state index is 0.620. The van der Waals surface area contributed by atoms with Crippen LogP contribution in [0.2, 0.25) is 0 Å². The Kier molecular flexibility index (Phi) is 2.59. The Balaban J connectivity index is 2.50. The predicted octanol–water partition coefficient (Wildman–Crippen LogP) is 3.21. The highest BCUT2D eigenvalue weighted by Crippen LogP contribution is 2.21. The SMILES string of the molecule is Cc1ccccc1-c1cnc(Br)nc1. The summed E-state index contributed by atoms with van der Waals surface area (Å²) in [4.78, 5) is 8.20. The van der Waals surface area contributed by atoms with Gasteiger partial charge in [0.25, 0.3) is 0 Å². The second kappa shape index (κ2) is 3.88. The van der Waals surface area contributed by atoms with E-state index < -0.39 is 0 Å². The Morgan fingerprint density at radius 3 is 2.36 bits per heavy atom. The van der Waals surface area contributed by atoms with E-state index in [-0.39, 0.29) is 0 Å². The van der Waals surface area contributed by atoms with Gasteiger partial charge in [-0.15, -0.1) is 0 Å². The van der Waals surface area contributed by atoms with Gasteiger partial charge in [-0.1, -0.05) is 24.3 Å². The average Bonchev–Trinajstić information content (AvgIpc) is 2.20. The van der Waals surface area contributed by atoms with Crippen LogP contribution in [0, 0.1) is 6.92 Å². The van der Waals surface area contributed by atoms with Crippen molar-refractivity contribution in [2.75, 3.05) is 0 Å². The molecule has 0 amide bonds. The molecule has 14 heavy (non-hydrogen) atoms. The lowest BCUT2D eigenvalue weighted by atomic mass is 10.0. The molecular formula is C11H9BrN2. The van der Waals surface area contributed by atoms with E-state index in [1.165, 1.54) is 11.1 Å². The Morgan fingerprint density at radius 1 is 1.07 bits per heavy atom. The van der Waals surface area contributed by atoms with Crippen LogP contribution in [0.5, 0.6) is 0 Å². The Morgan fingerprint density at radius 2 is 1.71 bits per heavy atom. The maximum atomic E-state index is 4.10. The molecule has 0 N–H and O–H groups in total. The van der Waals surface area contributed by atoms with Crippen molar-refractivity contribution in [3.05, 3.63) is 47.0 Å². The molecule has 0 saturated heterocycles. The number of aryl methyl sites for hydroxylation is 1. The van der Waals surface area contributed by atoms with Gasteiger partial charge in [-0.05, 0) is 34.0 Å². The van der Waals surface area contributed by atoms with Crippen LogP contribution in [-0.2, 0) is 0 Å². The first-order chi connectivity index (χ1) is 6.77. The van der Waals surface area contributed by atoms with Crippen LogP contribution in [0.25, 0.3) is 11.1 Å². The number of hydrogen-bond donors (Lipinski definition) is 0. The molecular weight excluding hydrogens is 240 g/mol. The van der Waals surface area contributed by atoms with Crippen molar-refractivity contribution < 1.29 is 0 Å². The van der Waals surface area contributed by atoms with Gasteiger partial charge < -0.3 is 0 Å². The molecule has 0 aliphatic rings. The lowest BCUT2D eigenvalue weighted by molar-refractivity contribution is 1.11. The summed E-state index contributed by atoms with van der Waals surface area (Å²) in [6.07, 6.45) is 3.64. The molecule has 0 aliphatic heterocycles. The topological polar surface area (TPSA) is 25.8 Å². The average molecular weight is 249 g/mol. The van der Waals surface area contributed by atoms with Gasteiger partial charge in [0, 0.05) is 18.0 Å². The maximum absolute atomic E-state index is 4.10. The number of halogens is 1. The quantitative estimate of drug-likeness (QED) is 0.725. The van der Waals surface area contributed by atoms with Crippen molar-refractivity contribution in [2.24, 2.45) is 0 Å². The number of benzene rings is 1. The molecule has 0 atom stereocenters. The number of nitrogens with zero attached hydrogens (tertiary/aromatic N) is 2. The lowest BCUT2D eigenvalue weighted by Gasteiger charge is -2.03. The number of rotatable bonds is 1. The molecule has 0 aliphatic carbocycles. The summed E-state index contributed by atoms with van der Waals surface area (Å²) >= 11 is 3.21. The van der Waals surface area contributed by atoms with Crippen LogP contribution < -0.4 is 0 Å². The van der Waals surface area contributed by atoms with Gasteiger partial charge in [0.05, 0.1) is 0 Å². The molecule has 0 spiro atoms.